The van der Waals surface area contributed by atoms with Crippen LogP contribution in [0.2, 0.25) is 15.1 Å². The van der Waals surface area contributed by atoms with Crippen LogP contribution in [0.15, 0.2) is 41.5 Å². The summed E-state index contributed by atoms with van der Waals surface area (Å²) in [5.41, 5.74) is 3.22. The Balaban J connectivity index is 2.02. The van der Waals surface area contributed by atoms with E-state index in [2.05, 4.69) is 15.8 Å². The van der Waals surface area contributed by atoms with Crippen molar-refractivity contribution in [1.82, 2.24) is 5.43 Å². The summed E-state index contributed by atoms with van der Waals surface area (Å²) in [7, 11) is 0. The first-order chi connectivity index (χ1) is 11.8. The van der Waals surface area contributed by atoms with Crippen LogP contribution >= 0.6 is 34.8 Å². The number of hydrazone groups is 1. The summed E-state index contributed by atoms with van der Waals surface area (Å²) in [6.07, 6.45) is 0. The molecule has 2 amide bonds. The highest BCUT2D eigenvalue weighted by atomic mass is 35.5. The lowest BCUT2D eigenvalue weighted by Gasteiger charge is -2.06. The molecule has 0 aliphatic heterocycles. The Morgan fingerprint density at radius 3 is 2.36 bits per heavy atom. The quantitative estimate of drug-likeness (QED) is 0.457. The van der Waals surface area contributed by atoms with Crippen molar-refractivity contribution in [1.29, 1.82) is 0 Å². The molecule has 9 heteroatoms. The fourth-order valence-corrected chi connectivity index (χ4v) is 2.52. The van der Waals surface area contributed by atoms with Gasteiger partial charge in [0.05, 0.1) is 15.8 Å². The number of anilines is 1. The van der Waals surface area contributed by atoms with E-state index in [1.165, 1.54) is 18.2 Å². The normalized spacial score (nSPS) is 11.2. The number of amides is 2. The first-order valence-corrected chi connectivity index (χ1v) is 7.97. The van der Waals surface area contributed by atoms with E-state index < -0.39 is 17.6 Å². The van der Waals surface area contributed by atoms with Gasteiger partial charge in [-0.2, -0.15) is 5.10 Å². The van der Waals surface area contributed by atoms with E-state index in [0.29, 0.717) is 21.3 Å². The predicted octanol–water partition coefficient (Wildman–Crippen LogP) is 4.26. The zero-order valence-corrected chi connectivity index (χ0v) is 15.0. The van der Waals surface area contributed by atoms with Gasteiger partial charge in [0.2, 0.25) is 0 Å². The third-order valence-electron chi connectivity index (χ3n) is 3.03. The number of halogens is 4. The number of benzene rings is 2. The van der Waals surface area contributed by atoms with Crippen LogP contribution in [-0.2, 0) is 9.59 Å². The summed E-state index contributed by atoms with van der Waals surface area (Å²) < 4.78 is 13.1. The summed E-state index contributed by atoms with van der Waals surface area (Å²) >= 11 is 17.4. The lowest BCUT2D eigenvalue weighted by Crippen LogP contribution is -2.33. The van der Waals surface area contributed by atoms with Crippen molar-refractivity contribution >= 4 is 58.0 Å². The second-order valence-corrected chi connectivity index (χ2v) is 6.10. The molecule has 25 heavy (non-hydrogen) atoms. The van der Waals surface area contributed by atoms with Crippen LogP contribution in [0.3, 0.4) is 0 Å². The van der Waals surface area contributed by atoms with Crippen molar-refractivity contribution in [3.8, 4) is 0 Å². The number of hydrogen-bond acceptors (Lipinski definition) is 3. The fraction of sp³-hybridized carbons (Fsp3) is 0.0625. The van der Waals surface area contributed by atoms with Crippen LogP contribution in [0, 0.1) is 5.82 Å². The minimum Gasteiger partial charge on any atom is -0.318 e. The van der Waals surface area contributed by atoms with Crippen molar-refractivity contribution in [3.05, 3.63) is 62.8 Å². The van der Waals surface area contributed by atoms with Gasteiger partial charge in [-0.05, 0) is 37.3 Å². The van der Waals surface area contributed by atoms with Gasteiger partial charge in [0.1, 0.15) is 5.82 Å². The highest BCUT2D eigenvalue weighted by Crippen LogP contribution is 2.21. The number of carbonyl (C=O) groups is 2. The molecule has 0 spiro atoms. The first kappa shape index (κ1) is 19.2. The Morgan fingerprint density at radius 1 is 1.00 bits per heavy atom. The number of rotatable bonds is 3. The average Bonchev–Trinajstić information content (AvgIpc) is 2.55. The standard InChI is InChI=1S/C16H11Cl3FN3O2/c1-8(11-4-2-9(17)6-12(11)18)22-23-16(25)15(24)21-10-3-5-14(20)13(19)7-10/h2-7H,1H3,(H,21,24)(H,23,25)/b22-8+. The van der Waals surface area contributed by atoms with Gasteiger partial charge in [-0.15, -0.1) is 0 Å². The summed E-state index contributed by atoms with van der Waals surface area (Å²) in [4.78, 5) is 23.6. The number of carbonyl (C=O) groups excluding carboxylic acids is 2. The third-order valence-corrected chi connectivity index (χ3v) is 3.87. The van der Waals surface area contributed by atoms with E-state index in [4.69, 9.17) is 34.8 Å². The number of nitrogens with one attached hydrogen (secondary N) is 2. The minimum absolute atomic E-state index is 0.174. The molecule has 2 aromatic rings. The zero-order chi connectivity index (χ0) is 18.6. The SMILES string of the molecule is C/C(=N\NC(=O)C(=O)Nc1ccc(F)c(Cl)c1)c1ccc(Cl)cc1Cl. The molecule has 0 heterocycles. The average molecular weight is 403 g/mol. The molecule has 2 aromatic carbocycles. The zero-order valence-electron chi connectivity index (χ0n) is 12.7. The maximum absolute atomic E-state index is 13.1. The van der Waals surface area contributed by atoms with Crippen molar-refractivity contribution in [3.63, 3.8) is 0 Å². The highest BCUT2D eigenvalue weighted by molar-refractivity contribution is 6.40. The van der Waals surface area contributed by atoms with E-state index >= 15 is 0 Å². The van der Waals surface area contributed by atoms with Crippen LogP contribution < -0.4 is 10.7 Å². The van der Waals surface area contributed by atoms with E-state index in [-0.39, 0.29) is 10.7 Å². The van der Waals surface area contributed by atoms with Gasteiger partial charge in [-0.25, -0.2) is 9.82 Å². The van der Waals surface area contributed by atoms with Gasteiger partial charge >= 0.3 is 11.8 Å². The number of hydrogen-bond donors (Lipinski definition) is 2. The fourth-order valence-electron chi connectivity index (χ4n) is 1.79. The molecule has 0 saturated heterocycles. The molecule has 0 unspecified atom stereocenters. The van der Waals surface area contributed by atoms with Gasteiger partial charge in [0.15, 0.2) is 0 Å². The van der Waals surface area contributed by atoms with E-state index in [9.17, 15) is 14.0 Å². The van der Waals surface area contributed by atoms with Crippen molar-refractivity contribution in [2.24, 2.45) is 5.10 Å². The van der Waals surface area contributed by atoms with Crippen molar-refractivity contribution in [2.45, 2.75) is 6.92 Å². The van der Waals surface area contributed by atoms with Crippen LogP contribution in [-0.4, -0.2) is 17.5 Å². The third kappa shape index (κ3) is 5.16. The Bertz CT molecular complexity index is 872. The Hall–Kier alpha value is -2.15. The molecular formula is C16H11Cl3FN3O2. The van der Waals surface area contributed by atoms with E-state index in [1.807, 2.05) is 0 Å². The molecule has 0 saturated carbocycles. The second kappa shape index (κ2) is 8.29. The molecule has 2 N–H and O–H groups in total. The summed E-state index contributed by atoms with van der Waals surface area (Å²) in [5, 5.41) is 6.74. The van der Waals surface area contributed by atoms with Gasteiger partial charge in [-0.1, -0.05) is 40.9 Å². The lowest BCUT2D eigenvalue weighted by molar-refractivity contribution is -0.136. The minimum atomic E-state index is -1.01. The molecule has 0 radical (unpaired) electrons. The van der Waals surface area contributed by atoms with E-state index in [1.54, 1.807) is 19.1 Å². The van der Waals surface area contributed by atoms with Gasteiger partial charge in [-0.3, -0.25) is 9.59 Å². The first-order valence-electron chi connectivity index (χ1n) is 6.84. The summed E-state index contributed by atoms with van der Waals surface area (Å²) in [6.45, 7) is 1.60. The second-order valence-electron chi connectivity index (χ2n) is 4.85. The maximum atomic E-state index is 13.1. The van der Waals surface area contributed by atoms with Crippen LogP contribution in [0.4, 0.5) is 10.1 Å². The van der Waals surface area contributed by atoms with E-state index in [0.717, 1.165) is 6.07 Å². The molecule has 130 valence electrons. The predicted molar refractivity (Wildman–Crippen MR) is 96.9 cm³/mol. The molecule has 0 aliphatic rings. The highest BCUT2D eigenvalue weighted by Gasteiger charge is 2.14. The van der Waals surface area contributed by atoms with Crippen molar-refractivity contribution < 1.29 is 14.0 Å². The summed E-state index contributed by atoms with van der Waals surface area (Å²) in [6, 6.07) is 8.31. The molecule has 0 aromatic heterocycles. The van der Waals surface area contributed by atoms with Crippen LogP contribution in [0.1, 0.15) is 12.5 Å². The molecular weight excluding hydrogens is 392 g/mol. The molecule has 2 rings (SSSR count). The monoisotopic (exact) mass is 401 g/mol. The summed E-state index contributed by atoms with van der Waals surface area (Å²) in [5.74, 6) is -2.63. The Kier molecular flexibility index (Phi) is 6.36. The van der Waals surface area contributed by atoms with Gasteiger partial charge in [0, 0.05) is 16.3 Å². The van der Waals surface area contributed by atoms with Crippen LogP contribution in [0.5, 0.6) is 0 Å². The van der Waals surface area contributed by atoms with Crippen molar-refractivity contribution in [2.75, 3.05) is 5.32 Å². The number of nitrogens with zero attached hydrogens (tertiary/aromatic N) is 1. The molecule has 0 fully saturated rings. The Labute approximate surface area is 157 Å². The molecule has 0 bridgehead atoms. The molecule has 0 atom stereocenters. The topological polar surface area (TPSA) is 70.6 Å². The maximum Gasteiger partial charge on any atom is 0.329 e. The Morgan fingerprint density at radius 2 is 1.72 bits per heavy atom. The van der Waals surface area contributed by atoms with Gasteiger partial charge < -0.3 is 5.32 Å². The smallest absolute Gasteiger partial charge is 0.318 e. The largest absolute Gasteiger partial charge is 0.329 e. The lowest BCUT2D eigenvalue weighted by atomic mass is 10.1. The van der Waals surface area contributed by atoms with Gasteiger partial charge in [0.25, 0.3) is 0 Å². The molecule has 0 aliphatic carbocycles. The van der Waals surface area contributed by atoms with Crippen LogP contribution in [0.25, 0.3) is 0 Å². The molecule has 5 nitrogen and oxygen atoms in total.